The van der Waals surface area contributed by atoms with E-state index in [0.717, 1.165) is 27.8 Å². The Morgan fingerprint density at radius 1 is 1.10 bits per heavy atom. The fourth-order valence-electron chi connectivity index (χ4n) is 4.23. The lowest BCUT2D eigenvalue weighted by molar-refractivity contribution is -0.119. The van der Waals surface area contributed by atoms with Crippen LogP contribution in [0.3, 0.4) is 0 Å². The molecule has 0 saturated carbocycles. The SMILES string of the molecule is CCOC(=O)c1ccc(C(C(N)=O)C(C)c2cc(I)ccc2N2CCCCC2)cc1. The lowest BCUT2D eigenvalue weighted by Crippen LogP contribution is -2.32. The highest BCUT2D eigenvalue weighted by Crippen LogP contribution is 2.39. The third-order valence-electron chi connectivity index (χ3n) is 5.76. The number of hydrogen-bond acceptors (Lipinski definition) is 4. The molecule has 0 aliphatic carbocycles. The minimum atomic E-state index is -0.483. The molecule has 2 aromatic carbocycles. The number of ether oxygens (including phenoxy) is 1. The summed E-state index contributed by atoms with van der Waals surface area (Å²) in [5.41, 5.74) is 9.49. The van der Waals surface area contributed by atoms with Crippen molar-refractivity contribution in [3.63, 3.8) is 0 Å². The fraction of sp³-hybridized carbons (Fsp3) is 0.417. The molecule has 6 heteroatoms. The van der Waals surface area contributed by atoms with Gasteiger partial charge in [-0.1, -0.05) is 19.1 Å². The molecular formula is C24H29IN2O3. The summed E-state index contributed by atoms with van der Waals surface area (Å²) in [5, 5.41) is 0. The monoisotopic (exact) mass is 520 g/mol. The van der Waals surface area contributed by atoms with Gasteiger partial charge < -0.3 is 15.4 Å². The predicted octanol–water partition coefficient (Wildman–Crippen LogP) is 4.83. The van der Waals surface area contributed by atoms with Crippen LogP contribution in [0.2, 0.25) is 0 Å². The van der Waals surface area contributed by atoms with Crippen LogP contribution in [0.25, 0.3) is 0 Å². The molecule has 1 heterocycles. The van der Waals surface area contributed by atoms with Crippen LogP contribution in [0, 0.1) is 3.57 Å². The van der Waals surface area contributed by atoms with E-state index in [1.54, 1.807) is 19.1 Å². The molecule has 1 fully saturated rings. The maximum absolute atomic E-state index is 12.5. The van der Waals surface area contributed by atoms with E-state index in [1.807, 2.05) is 12.1 Å². The number of piperidine rings is 1. The molecule has 2 atom stereocenters. The Kier molecular flexibility index (Phi) is 7.75. The number of anilines is 1. The summed E-state index contributed by atoms with van der Waals surface area (Å²) in [5.74, 6) is -1.31. The van der Waals surface area contributed by atoms with E-state index in [2.05, 4.69) is 52.6 Å². The van der Waals surface area contributed by atoms with Gasteiger partial charge in [0.25, 0.3) is 0 Å². The van der Waals surface area contributed by atoms with Crippen molar-refractivity contribution >= 4 is 40.2 Å². The Morgan fingerprint density at radius 3 is 2.37 bits per heavy atom. The molecule has 1 saturated heterocycles. The number of nitrogens with two attached hydrogens (primary N) is 1. The van der Waals surface area contributed by atoms with Crippen molar-refractivity contribution in [1.29, 1.82) is 0 Å². The number of amides is 1. The van der Waals surface area contributed by atoms with Crippen molar-refractivity contribution in [1.82, 2.24) is 0 Å². The molecule has 0 aromatic heterocycles. The molecule has 0 bridgehead atoms. The first-order valence-corrected chi connectivity index (χ1v) is 11.6. The first-order valence-electron chi connectivity index (χ1n) is 10.5. The van der Waals surface area contributed by atoms with Crippen LogP contribution >= 0.6 is 22.6 Å². The average Bonchev–Trinajstić information content (AvgIpc) is 2.75. The third kappa shape index (κ3) is 5.14. The van der Waals surface area contributed by atoms with E-state index >= 15 is 0 Å². The maximum Gasteiger partial charge on any atom is 0.338 e. The predicted molar refractivity (Wildman–Crippen MR) is 128 cm³/mol. The Balaban J connectivity index is 1.94. The Bertz CT molecular complexity index is 892. The van der Waals surface area contributed by atoms with Gasteiger partial charge in [0.1, 0.15) is 0 Å². The second-order valence-corrected chi connectivity index (χ2v) is 9.01. The molecule has 30 heavy (non-hydrogen) atoms. The number of halogens is 1. The highest BCUT2D eigenvalue weighted by atomic mass is 127. The van der Waals surface area contributed by atoms with Gasteiger partial charge in [-0.15, -0.1) is 0 Å². The zero-order chi connectivity index (χ0) is 21.7. The molecule has 1 amide bonds. The van der Waals surface area contributed by atoms with E-state index in [1.165, 1.54) is 24.9 Å². The largest absolute Gasteiger partial charge is 0.462 e. The number of nitrogens with zero attached hydrogens (tertiary/aromatic N) is 1. The van der Waals surface area contributed by atoms with E-state index in [0.29, 0.717) is 12.2 Å². The van der Waals surface area contributed by atoms with Crippen molar-refractivity contribution in [3.05, 3.63) is 62.7 Å². The number of esters is 1. The normalized spacial score (nSPS) is 16.0. The standard InChI is InChI=1S/C24H29IN2O3/c1-3-30-24(29)18-9-7-17(8-10-18)22(23(26)28)16(2)20-15-19(25)11-12-21(20)27-13-5-4-6-14-27/h7-12,15-16,22H,3-6,13-14H2,1-2H3,(H2,26,28). The van der Waals surface area contributed by atoms with Crippen molar-refractivity contribution in [2.45, 2.75) is 44.9 Å². The van der Waals surface area contributed by atoms with Gasteiger partial charge in [-0.05, 0) is 96.2 Å². The summed E-state index contributed by atoms with van der Waals surface area (Å²) in [6.45, 7) is 6.24. The molecule has 2 N–H and O–H groups in total. The lowest BCUT2D eigenvalue weighted by Gasteiger charge is -2.33. The van der Waals surface area contributed by atoms with Crippen LogP contribution in [-0.4, -0.2) is 31.6 Å². The van der Waals surface area contributed by atoms with Crippen LogP contribution < -0.4 is 10.6 Å². The van der Waals surface area contributed by atoms with Gasteiger partial charge in [0.15, 0.2) is 0 Å². The van der Waals surface area contributed by atoms with Gasteiger partial charge in [0.05, 0.1) is 18.1 Å². The summed E-state index contributed by atoms with van der Waals surface area (Å²) in [7, 11) is 0. The summed E-state index contributed by atoms with van der Waals surface area (Å²) in [6.07, 6.45) is 3.64. The first-order chi connectivity index (χ1) is 14.4. The zero-order valence-corrected chi connectivity index (χ0v) is 19.7. The van der Waals surface area contributed by atoms with Crippen LogP contribution in [-0.2, 0) is 9.53 Å². The molecule has 1 aliphatic rings. The topological polar surface area (TPSA) is 72.6 Å². The molecule has 5 nitrogen and oxygen atoms in total. The van der Waals surface area contributed by atoms with Gasteiger partial charge in [-0.2, -0.15) is 0 Å². The van der Waals surface area contributed by atoms with Gasteiger partial charge in [-0.3, -0.25) is 4.79 Å². The number of carbonyl (C=O) groups is 2. The number of carbonyl (C=O) groups excluding carboxylic acids is 2. The van der Waals surface area contributed by atoms with Gasteiger partial charge in [0.2, 0.25) is 5.91 Å². The smallest absolute Gasteiger partial charge is 0.338 e. The number of primary amides is 1. The number of rotatable bonds is 7. The quantitative estimate of drug-likeness (QED) is 0.420. The van der Waals surface area contributed by atoms with Crippen LogP contribution in [0.15, 0.2) is 42.5 Å². The van der Waals surface area contributed by atoms with Crippen molar-refractivity contribution in [3.8, 4) is 0 Å². The molecule has 1 aliphatic heterocycles. The van der Waals surface area contributed by atoms with Crippen molar-refractivity contribution in [2.24, 2.45) is 5.73 Å². The zero-order valence-electron chi connectivity index (χ0n) is 17.6. The second kappa shape index (κ2) is 10.3. The van der Waals surface area contributed by atoms with Gasteiger partial charge in [0, 0.05) is 22.3 Å². The van der Waals surface area contributed by atoms with Gasteiger partial charge in [-0.25, -0.2) is 4.79 Å². The maximum atomic E-state index is 12.5. The highest BCUT2D eigenvalue weighted by molar-refractivity contribution is 14.1. The Hall–Kier alpha value is -2.09. The summed E-state index contributed by atoms with van der Waals surface area (Å²) < 4.78 is 6.19. The number of hydrogen-bond donors (Lipinski definition) is 1. The minimum Gasteiger partial charge on any atom is -0.462 e. The van der Waals surface area contributed by atoms with E-state index in [-0.39, 0.29) is 17.8 Å². The first kappa shape index (κ1) is 22.6. The van der Waals surface area contributed by atoms with Crippen LogP contribution in [0.1, 0.15) is 66.4 Å². The van der Waals surface area contributed by atoms with E-state index in [9.17, 15) is 9.59 Å². The molecule has 2 unspecified atom stereocenters. The van der Waals surface area contributed by atoms with E-state index in [4.69, 9.17) is 10.5 Å². The minimum absolute atomic E-state index is 0.0948. The van der Waals surface area contributed by atoms with E-state index < -0.39 is 5.92 Å². The van der Waals surface area contributed by atoms with Crippen LogP contribution in [0.5, 0.6) is 0 Å². The summed E-state index contributed by atoms with van der Waals surface area (Å²) >= 11 is 2.31. The molecule has 0 radical (unpaired) electrons. The second-order valence-electron chi connectivity index (χ2n) is 7.76. The van der Waals surface area contributed by atoms with Gasteiger partial charge >= 0.3 is 5.97 Å². The molecular weight excluding hydrogens is 491 g/mol. The fourth-order valence-corrected chi connectivity index (χ4v) is 4.75. The third-order valence-corrected chi connectivity index (χ3v) is 6.44. The summed E-state index contributed by atoms with van der Waals surface area (Å²) in [6, 6.07) is 13.5. The van der Waals surface area contributed by atoms with Crippen LogP contribution in [0.4, 0.5) is 5.69 Å². The Labute approximate surface area is 192 Å². The van der Waals surface area contributed by atoms with Crippen molar-refractivity contribution < 1.29 is 14.3 Å². The highest BCUT2D eigenvalue weighted by Gasteiger charge is 2.29. The molecule has 0 spiro atoms. The number of benzene rings is 2. The molecule has 160 valence electrons. The van der Waals surface area contributed by atoms with Crippen molar-refractivity contribution in [2.75, 3.05) is 24.6 Å². The average molecular weight is 520 g/mol. The molecule has 3 rings (SSSR count). The summed E-state index contributed by atoms with van der Waals surface area (Å²) in [4.78, 5) is 26.9. The lowest BCUT2D eigenvalue weighted by atomic mass is 9.81. The Morgan fingerprint density at radius 2 is 1.77 bits per heavy atom. The molecule has 2 aromatic rings.